The Kier molecular flexibility index (Phi) is 6.24. The van der Waals surface area contributed by atoms with E-state index in [1.807, 2.05) is 0 Å². The highest BCUT2D eigenvalue weighted by atomic mass is 16.6. The van der Waals surface area contributed by atoms with Gasteiger partial charge >= 0.3 is 0 Å². The number of aromatic nitrogens is 2. The predicted molar refractivity (Wildman–Crippen MR) is 113 cm³/mol. The fraction of sp³-hybridized carbons (Fsp3) is 0.0909. The molecule has 0 radical (unpaired) electrons. The number of carbonyl (C=O) groups excluding carboxylic acids is 4. The van der Waals surface area contributed by atoms with Gasteiger partial charge in [0.1, 0.15) is 28.5 Å². The summed E-state index contributed by atoms with van der Waals surface area (Å²) in [5, 5.41) is 11.6. The molecule has 0 bridgehead atoms. The van der Waals surface area contributed by atoms with Gasteiger partial charge in [-0.2, -0.15) is 0 Å². The third kappa shape index (κ3) is 4.43. The maximum absolute atomic E-state index is 13.3. The van der Waals surface area contributed by atoms with Crippen molar-refractivity contribution in [2.45, 2.75) is 13.8 Å². The van der Waals surface area contributed by atoms with E-state index in [4.69, 9.17) is 0 Å². The Balaban J connectivity index is 2.20. The van der Waals surface area contributed by atoms with Crippen molar-refractivity contribution >= 4 is 34.8 Å². The average molecular weight is 432 g/mol. The molecule has 2 aromatic heterocycles. The van der Waals surface area contributed by atoms with Crippen LogP contribution < -0.4 is 4.90 Å². The predicted octanol–water partition coefficient (Wildman–Crippen LogP) is 3.28. The van der Waals surface area contributed by atoms with Crippen molar-refractivity contribution in [1.82, 2.24) is 9.97 Å². The lowest BCUT2D eigenvalue weighted by molar-refractivity contribution is -0.384. The second-order valence-corrected chi connectivity index (χ2v) is 6.62. The molecule has 0 N–H and O–H groups in total. The minimum Gasteiger partial charge on any atom is -0.293 e. The SMILES string of the molecule is CC(=O)c1cccc(C(=O)N(C(=O)c2cccc(C(C)=O)n2)c2ccccc2[N+](=O)[O-])n1. The summed E-state index contributed by atoms with van der Waals surface area (Å²) in [7, 11) is 0. The first-order chi connectivity index (χ1) is 15.2. The molecule has 0 aliphatic rings. The normalized spacial score (nSPS) is 10.3. The van der Waals surface area contributed by atoms with E-state index in [2.05, 4.69) is 9.97 Å². The van der Waals surface area contributed by atoms with Crippen LogP contribution in [0.2, 0.25) is 0 Å². The summed E-state index contributed by atoms with van der Waals surface area (Å²) in [4.78, 5) is 69.4. The Hall–Kier alpha value is -4.60. The molecule has 0 aliphatic heterocycles. The smallest absolute Gasteiger partial charge is 0.293 e. The van der Waals surface area contributed by atoms with Crippen LogP contribution in [0.4, 0.5) is 11.4 Å². The molecule has 1 aromatic carbocycles. The van der Waals surface area contributed by atoms with E-state index in [9.17, 15) is 29.3 Å². The monoisotopic (exact) mass is 432 g/mol. The molecule has 2 amide bonds. The number of imide groups is 1. The Bertz CT molecular complexity index is 1200. The van der Waals surface area contributed by atoms with E-state index in [0.717, 1.165) is 6.07 Å². The molecule has 0 spiro atoms. The number of hydrogen-bond donors (Lipinski definition) is 0. The van der Waals surface area contributed by atoms with Crippen LogP contribution in [0.5, 0.6) is 0 Å². The fourth-order valence-corrected chi connectivity index (χ4v) is 2.85. The van der Waals surface area contributed by atoms with E-state index in [-0.39, 0.29) is 28.5 Å². The van der Waals surface area contributed by atoms with E-state index in [0.29, 0.717) is 4.90 Å². The lowest BCUT2D eigenvalue weighted by Gasteiger charge is -2.20. The maximum Gasteiger partial charge on any atom is 0.293 e. The van der Waals surface area contributed by atoms with Crippen LogP contribution in [0.3, 0.4) is 0 Å². The Morgan fingerprint density at radius 3 is 1.59 bits per heavy atom. The van der Waals surface area contributed by atoms with Crippen molar-refractivity contribution in [2.24, 2.45) is 0 Å². The van der Waals surface area contributed by atoms with Crippen LogP contribution in [-0.2, 0) is 0 Å². The van der Waals surface area contributed by atoms with Crippen LogP contribution >= 0.6 is 0 Å². The summed E-state index contributed by atoms with van der Waals surface area (Å²) in [5.74, 6) is -2.80. The second-order valence-electron chi connectivity index (χ2n) is 6.62. The highest BCUT2D eigenvalue weighted by Crippen LogP contribution is 2.30. The molecule has 0 saturated carbocycles. The number of hydrogen-bond acceptors (Lipinski definition) is 8. The Morgan fingerprint density at radius 1 is 0.719 bits per heavy atom. The summed E-state index contributed by atoms with van der Waals surface area (Å²) in [6.07, 6.45) is 0. The zero-order valence-electron chi connectivity index (χ0n) is 17.0. The first kappa shape index (κ1) is 22.1. The molecule has 0 aliphatic carbocycles. The quantitative estimate of drug-likeness (QED) is 0.250. The molecule has 160 valence electrons. The number of benzene rings is 1. The van der Waals surface area contributed by atoms with Crippen LogP contribution in [0.25, 0.3) is 0 Å². The summed E-state index contributed by atoms with van der Waals surface area (Å²) in [6, 6.07) is 13.4. The summed E-state index contributed by atoms with van der Waals surface area (Å²) in [5.41, 5.74) is -1.37. The highest BCUT2D eigenvalue weighted by Gasteiger charge is 2.33. The average Bonchev–Trinajstić information content (AvgIpc) is 2.79. The Morgan fingerprint density at radius 2 is 1.16 bits per heavy atom. The van der Waals surface area contributed by atoms with Crippen molar-refractivity contribution in [2.75, 3.05) is 4.90 Å². The van der Waals surface area contributed by atoms with Crippen molar-refractivity contribution in [1.29, 1.82) is 0 Å². The van der Waals surface area contributed by atoms with Gasteiger partial charge in [-0.3, -0.25) is 29.3 Å². The number of amides is 2. The summed E-state index contributed by atoms with van der Waals surface area (Å²) < 4.78 is 0. The Labute approximate surface area is 181 Å². The fourth-order valence-electron chi connectivity index (χ4n) is 2.85. The van der Waals surface area contributed by atoms with Gasteiger partial charge in [0.15, 0.2) is 11.6 Å². The number of para-hydroxylation sites is 2. The van der Waals surface area contributed by atoms with Crippen molar-refractivity contribution in [3.05, 3.63) is 93.6 Å². The molecule has 3 rings (SSSR count). The molecular weight excluding hydrogens is 416 g/mol. The maximum atomic E-state index is 13.3. The van der Waals surface area contributed by atoms with E-state index in [1.54, 1.807) is 0 Å². The third-order valence-electron chi connectivity index (χ3n) is 4.38. The molecule has 2 heterocycles. The van der Waals surface area contributed by atoms with Crippen molar-refractivity contribution < 1.29 is 24.1 Å². The number of ketones is 2. The molecule has 0 atom stereocenters. The van der Waals surface area contributed by atoms with E-state index in [1.165, 1.54) is 68.4 Å². The van der Waals surface area contributed by atoms with Gasteiger partial charge in [-0.05, 0) is 30.3 Å². The topological polar surface area (TPSA) is 140 Å². The van der Waals surface area contributed by atoms with Crippen LogP contribution in [0.1, 0.15) is 55.8 Å². The van der Waals surface area contributed by atoms with Gasteiger partial charge in [0.2, 0.25) is 0 Å². The number of carbonyl (C=O) groups is 4. The first-order valence-electron chi connectivity index (χ1n) is 9.29. The van der Waals surface area contributed by atoms with Crippen LogP contribution in [0, 0.1) is 10.1 Å². The second kappa shape index (κ2) is 9.04. The zero-order chi connectivity index (χ0) is 23.4. The van der Waals surface area contributed by atoms with Gasteiger partial charge in [0, 0.05) is 19.9 Å². The standard InChI is InChI=1S/C22H16N4O6/c1-13(27)15-7-5-9-17(23-15)21(29)25(19-11-3-4-12-20(19)26(31)32)22(30)18-10-6-8-16(24-18)14(2)28/h3-12H,1-2H3. The van der Waals surface area contributed by atoms with Gasteiger partial charge in [0.25, 0.3) is 17.5 Å². The van der Waals surface area contributed by atoms with Crippen molar-refractivity contribution in [3.8, 4) is 0 Å². The molecule has 0 fully saturated rings. The number of nitro benzene ring substituents is 1. The molecule has 0 unspecified atom stereocenters. The van der Waals surface area contributed by atoms with Gasteiger partial charge in [0.05, 0.1) is 4.92 Å². The van der Waals surface area contributed by atoms with E-state index >= 15 is 0 Å². The minimum absolute atomic E-state index is 0.0116. The van der Waals surface area contributed by atoms with Crippen LogP contribution in [0.15, 0.2) is 60.7 Å². The number of anilines is 1. The largest absolute Gasteiger partial charge is 0.293 e. The number of pyridine rings is 2. The summed E-state index contributed by atoms with van der Waals surface area (Å²) in [6.45, 7) is 2.53. The number of Topliss-reactive ketones (excluding diaryl/α,β-unsaturated/α-hetero) is 2. The van der Waals surface area contributed by atoms with Gasteiger partial charge in [-0.1, -0.05) is 24.3 Å². The molecular formula is C22H16N4O6. The number of rotatable bonds is 6. The molecule has 10 nitrogen and oxygen atoms in total. The summed E-state index contributed by atoms with van der Waals surface area (Å²) >= 11 is 0. The molecule has 0 saturated heterocycles. The minimum atomic E-state index is -0.998. The molecule has 10 heteroatoms. The third-order valence-corrected chi connectivity index (χ3v) is 4.38. The lowest BCUT2D eigenvalue weighted by atomic mass is 10.1. The van der Waals surface area contributed by atoms with Gasteiger partial charge in [-0.25, -0.2) is 14.9 Å². The molecule has 3 aromatic rings. The highest BCUT2D eigenvalue weighted by molar-refractivity contribution is 6.25. The lowest BCUT2D eigenvalue weighted by Crippen LogP contribution is -2.38. The van der Waals surface area contributed by atoms with Crippen LogP contribution in [-0.4, -0.2) is 38.3 Å². The number of nitrogens with zero attached hydrogens (tertiary/aromatic N) is 4. The van der Waals surface area contributed by atoms with Crippen molar-refractivity contribution in [3.63, 3.8) is 0 Å². The van der Waals surface area contributed by atoms with Gasteiger partial charge < -0.3 is 0 Å². The zero-order valence-corrected chi connectivity index (χ0v) is 17.0. The number of nitro groups is 1. The molecule has 32 heavy (non-hydrogen) atoms. The van der Waals surface area contributed by atoms with Gasteiger partial charge in [-0.15, -0.1) is 0 Å². The van der Waals surface area contributed by atoms with E-state index < -0.39 is 34.0 Å². The first-order valence-corrected chi connectivity index (χ1v) is 9.29.